The molecule has 4 nitrogen and oxygen atoms in total. The number of hydrogen-bond donors (Lipinski definition) is 1. The molecule has 29 heavy (non-hydrogen) atoms. The fourth-order valence-electron chi connectivity index (χ4n) is 3.87. The Bertz CT molecular complexity index is 992. The number of halogens is 1. The Morgan fingerprint density at radius 2 is 2.00 bits per heavy atom. The summed E-state index contributed by atoms with van der Waals surface area (Å²) in [6, 6.07) is 11.9. The first kappa shape index (κ1) is 21.6. The lowest BCUT2D eigenvalue weighted by Gasteiger charge is -2.43. The molecule has 5 heteroatoms. The van der Waals surface area contributed by atoms with Crippen LogP contribution in [0.5, 0.6) is 0 Å². The van der Waals surface area contributed by atoms with E-state index in [-0.39, 0.29) is 11.4 Å². The van der Waals surface area contributed by atoms with Crippen LogP contribution in [-0.4, -0.2) is 24.2 Å². The number of amides is 1. The van der Waals surface area contributed by atoms with Gasteiger partial charge in [0.2, 0.25) is 0 Å². The summed E-state index contributed by atoms with van der Waals surface area (Å²) < 4.78 is 1.02. The number of hydrogen-bond acceptors (Lipinski definition) is 3. The van der Waals surface area contributed by atoms with Gasteiger partial charge in [-0.2, -0.15) is 5.10 Å². The minimum Gasteiger partial charge on any atom is -0.362 e. The molecule has 0 bridgehead atoms. The topological polar surface area (TPSA) is 44.7 Å². The quantitative estimate of drug-likeness (QED) is 0.321. The molecule has 0 aromatic heterocycles. The Balaban J connectivity index is 1.86. The first-order valence-corrected chi connectivity index (χ1v) is 11.0. The van der Waals surface area contributed by atoms with Gasteiger partial charge in [0, 0.05) is 26.9 Å². The van der Waals surface area contributed by atoms with Crippen LogP contribution in [-0.2, 0) is 0 Å². The normalized spacial score (nSPS) is 15.2. The van der Waals surface area contributed by atoms with Gasteiger partial charge in [-0.3, -0.25) is 4.79 Å². The second kappa shape index (κ2) is 8.69. The number of benzene rings is 2. The fourth-order valence-corrected chi connectivity index (χ4v) is 4.41. The van der Waals surface area contributed by atoms with Crippen molar-refractivity contribution in [1.29, 1.82) is 0 Å². The molecule has 0 aliphatic carbocycles. The van der Waals surface area contributed by atoms with Crippen molar-refractivity contribution in [3.8, 4) is 0 Å². The molecular formula is C24H28IN3O. The van der Waals surface area contributed by atoms with Gasteiger partial charge in [0.1, 0.15) is 0 Å². The summed E-state index contributed by atoms with van der Waals surface area (Å²) in [6.07, 6.45) is 5.17. The number of allylic oxidation sites excluding steroid dienone is 1. The maximum absolute atomic E-state index is 12.3. The Morgan fingerprint density at radius 1 is 1.24 bits per heavy atom. The van der Waals surface area contributed by atoms with E-state index in [1.54, 1.807) is 12.3 Å². The van der Waals surface area contributed by atoms with Crippen LogP contribution in [0.4, 0.5) is 5.69 Å². The average molecular weight is 501 g/mol. The Labute approximate surface area is 187 Å². The van der Waals surface area contributed by atoms with Gasteiger partial charge >= 0.3 is 0 Å². The maximum atomic E-state index is 12.3. The minimum absolute atomic E-state index is 0.00366. The Morgan fingerprint density at radius 3 is 2.69 bits per heavy atom. The highest BCUT2D eigenvalue weighted by atomic mass is 127. The Kier molecular flexibility index (Phi) is 6.46. The smallest absolute Gasteiger partial charge is 0.271 e. The number of carbonyl (C=O) groups is 1. The van der Waals surface area contributed by atoms with E-state index in [2.05, 4.69) is 90.8 Å². The number of carbonyl (C=O) groups excluding carboxylic acids is 1. The van der Waals surface area contributed by atoms with Crippen LogP contribution < -0.4 is 10.3 Å². The van der Waals surface area contributed by atoms with E-state index in [1.807, 2.05) is 18.2 Å². The molecule has 0 saturated carbocycles. The van der Waals surface area contributed by atoms with Crippen molar-refractivity contribution in [1.82, 2.24) is 5.43 Å². The highest BCUT2D eigenvalue weighted by molar-refractivity contribution is 14.1. The van der Waals surface area contributed by atoms with Crippen LogP contribution in [0.1, 0.15) is 61.2 Å². The molecule has 0 fully saturated rings. The number of rotatable bonds is 5. The van der Waals surface area contributed by atoms with Crippen LogP contribution in [0.15, 0.2) is 47.6 Å². The van der Waals surface area contributed by atoms with E-state index in [0.717, 1.165) is 27.7 Å². The van der Waals surface area contributed by atoms with Crippen LogP contribution in [0, 0.1) is 10.5 Å². The third-order valence-corrected chi connectivity index (χ3v) is 5.94. The zero-order valence-corrected chi connectivity index (χ0v) is 19.9. The molecule has 1 N–H and O–H groups in total. The summed E-state index contributed by atoms with van der Waals surface area (Å²) in [5.41, 5.74) is 9.17. The van der Waals surface area contributed by atoms with Crippen LogP contribution in [0.2, 0.25) is 0 Å². The molecule has 0 atom stereocenters. The largest absolute Gasteiger partial charge is 0.362 e. The summed E-state index contributed by atoms with van der Waals surface area (Å²) in [4.78, 5) is 14.8. The monoisotopic (exact) mass is 501 g/mol. The number of anilines is 1. The molecule has 0 saturated heterocycles. The predicted molar refractivity (Wildman–Crippen MR) is 131 cm³/mol. The SMILES string of the molecule is CCCN1c2cc(C)c(/C=N\NC(=O)c3cccc(I)c3)cc2C(C)=CC1(C)C. The van der Waals surface area contributed by atoms with E-state index >= 15 is 0 Å². The van der Waals surface area contributed by atoms with Crippen molar-refractivity contribution < 1.29 is 4.79 Å². The van der Waals surface area contributed by atoms with Gasteiger partial charge in [-0.05, 0) is 104 Å². The molecule has 1 heterocycles. The first-order valence-electron chi connectivity index (χ1n) is 9.94. The molecule has 0 unspecified atom stereocenters. The van der Waals surface area contributed by atoms with E-state index in [4.69, 9.17) is 0 Å². The van der Waals surface area contributed by atoms with Gasteiger partial charge in [0.05, 0.1) is 11.8 Å². The van der Waals surface area contributed by atoms with E-state index < -0.39 is 0 Å². The summed E-state index contributed by atoms with van der Waals surface area (Å²) in [5, 5.41) is 4.21. The standard InChI is InChI=1S/C24H28IN3O/c1-6-10-28-22-11-16(2)19(13-21(22)17(3)14-24(28,4)5)15-26-27-23(29)18-8-7-9-20(25)12-18/h7-9,11-15H,6,10H2,1-5H3,(H,27,29)/b26-15-. The molecule has 2 aromatic rings. The van der Waals surface area contributed by atoms with Crippen LogP contribution in [0.25, 0.3) is 5.57 Å². The van der Waals surface area contributed by atoms with Gasteiger partial charge in [-0.25, -0.2) is 5.43 Å². The van der Waals surface area contributed by atoms with Gasteiger partial charge < -0.3 is 4.90 Å². The second-order valence-electron chi connectivity index (χ2n) is 8.07. The third-order valence-electron chi connectivity index (χ3n) is 5.27. The highest BCUT2D eigenvalue weighted by Gasteiger charge is 2.31. The number of hydrazone groups is 1. The van der Waals surface area contributed by atoms with Crippen molar-refractivity contribution in [2.45, 2.75) is 46.6 Å². The lowest BCUT2D eigenvalue weighted by atomic mass is 9.87. The lowest BCUT2D eigenvalue weighted by molar-refractivity contribution is 0.0955. The zero-order valence-electron chi connectivity index (χ0n) is 17.7. The number of nitrogens with one attached hydrogen (secondary N) is 1. The second-order valence-corrected chi connectivity index (χ2v) is 9.31. The molecule has 0 spiro atoms. The molecule has 0 radical (unpaired) electrons. The van der Waals surface area contributed by atoms with E-state index in [1.165, 1.54) is 16.8 Å². The number of nitrogens with zero attached hydrogens (tertiary/aromatic N) is 2. The summed E-state index contributed by atoms with van der Waals surface area (Å²) >= 11 is 2.19. The molecule has 1 amide bonds. The molecule has 3 rings (SSSR count). The van der Waals surface area contributed by atoms with Crippen LogP contribution >= 0.6 is 22.6 Å². The number of aryl methyl sites for hydroxylation is 1. The summed E-state index contributed by atoms with van der Waals surface area (Å²) in [5.74, 6) is -0.206. The highest BCUT2D eigenvalue weighted by Crippen LogP contribution is 2.40. The maximum Gasteiger partial charge on any atom is 0.271 e. The fraction of sp³-hybridized carbons (Fsp3) is 0.333. The van der Waals surface area contributed by atoms with E-state index in [9.17, 15) is 4.79 Å². The van der Waals surface area contributed by atoms with E-state index in [0.29, 0.717) is 5.56 Å². The zero-order chi connectivity index (χ0) is 21.2. The predicted octanol–water partition coefficient (Wildman–Crippen LogP) is 5.78. The van der Waals surface area contributed by atoms with Gasteiger partial charge in [-0.1, -0.05) is 19.1 Å². The molecule has 1 aliphatic rings. The third kappa shape index (κ3) is 4.71. The Hall–Kier alpha value is -2.15. The van der Waals surface area contributed by atoms with Crippen molar-refractivity contribution in [3.63, 3.8) is 0 Å². The summed E-state index contributed by atoms with van der Waals surface area (Å²) in [7, 11) is 0. The van der Waals surface area contributed by atoms with Crippen LogP contribution in [0.3, 0.4) is 0 Å². The molecule has 1 aliphatic heterocycles. The molecular weight excluding hydrogens is 473 g/mol. The van der Waals surface area contributed by atoms with Crippen molar-refractivity contribution in [3.05, 3.63) is 68.3 Å². The first-order chi connectivity index (χ1) is 13.7. The van der Waals surface area contributed by atoms with Gasteiger partial charge in [0.25, 0.3) is 5.91 Å². The average Bonchev–Trinajstić information content (AvgIpc) is 2.65. The summed E-state index contributed by atoms with van der Waals surface area (Å²) in [6.45, 7) is 12.0. The van der Waals surface area contributed by atoms with Crippen molar-refractivity contribution >= 4 is 46.0 Å². The molecule has 2 aromatic carbocycles. The van der Waals surface area contributed by atoms with Gasteiger partial charge in [-0.15, -0.1) is 0 Å². The lowest BCUT2D eigenvalue weighted by Crippen LogP contribution is -2.45. The minimum atomic E-state index is -0.206. The number of fused-ring (bicyclic) bond motifs is 1. The van der Waals surface area contributed by atoms with Crippen molar-refractivity contribution in [2.75, 3.05) is 11.4 Å². The van der Waals surface area contributed by atoms with Gasteiger partial charge in [0.15, 0.2) is 0 Å². The molecule has 152 valence electrons. The van der Waals surface area contributed by atoms with Crippen molar-refractivity contribution in [2.24, 2.45) is 5.10 Å².